The van der Waals surface area contributed by atoms with E-state index in [4.69, 9.17) is 4.84 Å². The van der Waals surface area contributed by atoms with Crippen LogP contribution in [-0.4, -0.2) is 47.2 Å². The predicted octanol–water partition coefficient (Wildman–Crippen LogP) is 0.146. The van der Waals surface area contributed by atoms with Crippen LogP contribution in [0.5, 0.6) is 0 Å². The van der Waals surface area contributed by atoms with Crippen LogP contribution in [0.1, 0.15) is 25.7 Å². The van der Waals surface area contributed by atoms with E-state index in [1.165, 1.54) is 6.42 Å². The van der Waals surface area contributed by atoms with E-state index in [1.54, 1.807) is 0 Å². The molecule has 2 N–H and O–H groups in total. The van der Waals surface area contributed by atoms with E-state index in [-0.39, 0.29) is 12.2 Å². The Balaban J connectivity index is 1.74. The average Bonchev–Trinajstić information content (AvgIpc) is 2.51. The van der Waals surface area contributed by atoms with Crippen LogP contribution in [0.4, 0.5) is 0 Å². The Labute approximate surface area is 84.4 Å². The molecule has 4 heteroatoms. The van der Waals surface area contributed by atoms with Crippen molar-refractivity contribution in [2.45, 2.75) is 37.9 Å². The van der Waals surface area contributed by atoms with Crippen LogP contribution in [0.15, 0.2) is 0 Å². The molecule has 1 aliphatic carbocycles. The molecule has 2 aliphatic rings. The van der Waals surface area contributed by atoms with Crippen LogP contribution in [0.25, 0.3) is 0 Å². The highest BCUT2D eigenvalue weighted by Crippen LogP contribution is 2.25. The summed E-state index contributed by atoms with van der Waals surface area (Å²) in [7, 11) is 0. The fourth-order valence-corrected chi connectivity index (χ4v) is 2.38. The molecular weight excluding hydrogens is 182 g/mol. The summed E-state index contributed by atoms with van der Waals surface area (Å²) in [5, 5.41) is 20.6. The highest BCUT2D eigenvalue weighted by Gasteiger charge is 2.27. The van der Waals surface area contributed by atoms with Crippen LogP contribution < -0.4 is 0 Å². The first-order valence-corrected chi connectivity index (χ1v) is 5.48. The molecule has 3 atom stereocenters. The summed E-state index contributed by atoms with van der Waals surface area (Å²) in [6, 6.07) is 0. The molecular formula is C10H19NO3. The summed E-state index contributed by atoms with van der Waals surface area (Å²) in [6.45, 7) is 1.90. The van der Waals surface area contributed by atoms with Gasteiger partial charge >= 0.3 is 0 Å². The van der Waals surface area contributed by atoms with E-state index in [2.05, 4.69) is 0 Å². The van der Waals surface area contributed by atoms with Crippen LogP contribution in [0, 0.1) is 5.92 Å². The molecule has 0 amide bonds. The van der Waals surface area contributed by atoms with E-state index in [9.17, 15) is 10.2 Å². The van der Waals surface area contributed by atoms with Gasteiger partial charge in [-0.2, -0.15) is 5.06 Å². The van der Waals surface area contributed by atoms with Crippen molar-refractivity contribution in [2.75, 3.05) is 19.7 Å². The molecule has 4 nitrogen and oxygen atoms in total. The number of aliphatic hydroxyl groups is 2. The molecule has 0 bridgehead atoms. The number of rotatable bonds is 2. The quantitative estimate of drug-likeness (QED) is 0.667. The lowest BCUT2D eigenvalue weighted by molar-refractivity contribution is -0.123. The number of hydrogen-bond acceptors (Lipinski definition) is 4. The summed E-state index contributed by atoms with van der Waals surface area (Å²) in [5.74, 6) is 0.532. The maximum absolute atomic E-state index is 9.50. The first-order chi connectivity index (χ1) is 6.74. The van der Waals surface area contributed by atoms with Gasteiger partial charge in [0.05, 0.1) is 25.4 Å². The molecule has 0 aromatic rings. The van der Waals surface area contributed by atoms with E-state index in [0.29, 0.717) is 19.1 Å². The first-order valence-electron chi connectivity index (χ1n) is 5.48. The summed E-state index contributed by atoms with van der Waals surface area (Å²) in [6.07, 6.45) is 3.66. The summed E-state index contributed by atoms with van der Waals surface area (Å²) < 4.78 is 0. The van der Waals surface area contributed by atoms with E-state index < -0.39 is 0 Å². The van der Waals surface area contributed by atoms with Gasteiger partial charge in [0, 0.05) is 6.54 Å². The van der Waals surface area contributed by atoms with Gasteiger partial charge in [-0.05, 0) is 25.2 Å². The molecule has 2 unspecified atom stereocenters. The Kier molecular flexibility index (Phi) is 3.38. The number of β-amino-alcohol motifs (C(OH)–C–C–N with tert-alkyl or cyclic N) is 1. The van der Waals surface area contributed by atoms with Crippen molar-refractivity contribution in [3.05, 3.63) is 0 Å². The zero-order chi connectivity index (χ0) is 9.97. The van der Waals surface area contributed by atoms with Crippen molar-refractivity contribution in [3.63, 3.8) is 0 Å². The predicted molar refractivity (Wildman–Crippen MR) is 51.5 cm³/mol. The minimum Gasteiger partial charge on any atom is -0.393 e. The Hall–Kier alpha value is -0.160. The molecule has 1 saturated carbocycles. The highest BCUT2D eigenvalue weighted by atomic mass is 16.7. The second-order valence-corrected chi connectivity index (χ2v) is 4.48. The minimum absolute atomic E-state index is 0.124. The topological polar surface area (TPSA) is 52.9 Å². The molecule has 82 valence electrons. The van der Waals surface area contributed by atoms with Crippen LogP contribution in [-0.2, 0) is 4.84 Å². The van der Waals surface area contributed by atoms with Crippen molar-refractivity contribution < 1.29 is 15.1 Å². The fourth-order valence-electron chi connectivity index (χ4n) is 2.38. The van der Waals surface area contributed by atoms with Gasteiger partial charge in [-0.1, -0.05) is 6.42 Å². The van der Waals surface area contributed by atoms with Crippen LogP contribution in [0.3, 0.4) is 0 Å². The van der Waals surface area contributed by atoms with Gasteiger partial charge < -0.3 is 10.2 Å². The molecule has 0 aromatic heterocycles. The fraction of sp³-hybridized carbons (Fsp3) is 1.00. The monoisotopic (exact) mass is 201 g/mol. The maximum atomic E-state index is 9.50. The standard InChI is InChI=1S/C10H19NO3/c12-9-3-1-2-8(4-9)5-11-6-10(13)7-14-11/h8-10,12-13H,1-7H2/t8?,9?,10-/m1/s1. The largest absolute Gasteiger partial charge is 0.393 e. The van der Waals surface area contributed by atoms with Crippen molar-refractivity contribution in [2.24, 2.45) is 5.92 Å². The van der Waals surface area contributed by atoms with Crippen LogP contribution in [0.2, 0.25) is 0 Å². The number of aliphatic hydroxyl groups excluding tert-OH is 2. The zero-order valence-electron chi connectivity index (χ0n) is 8.43. The molecule has 1 aliphatic heterocycles. The van der Waals surface area contributed by atoms with Gasteiger partial charge in [-0.25, -0.2) is 0 Å². The summed E-state index contributed by atoms with van der Waals surface area (Å²) in [5.41, 5.74) is 0. The molecule has 1 saturated heterocycles. The Bertz CT molecular complexity index is 188. The lowest BCUT2D eigenvalue weighted by atomic mass is 9.87. The second-order valence-electron chi connectivity index (χ2n) is 4.48. The molecule has 1 heterocycles. The van der Waals surface area contributed by atoms with Crippen molar-refractivity contribution >= 4 is 0 Å². The second kappa shape index (κ2) is 4.57. The van der Waals surface area contributed by atoms with Gasteiger partial charge in [-0.15, -0.1) is 0 Å². The van der Waals surface area contributed by atoms with Crippen LogP contribution >= 0.6 is 0 Å². The number of hydroxylamine groups is 2. The molecule has 14 heavy (non-hydrogen) atoms. The normalized spacial score (nSPS) is 40.3. The summed E-state index contributed by atoms with van der Waals surface area (Å²) >= 11 is 0. The summed E-state index contributed by atoms with van der Waals surface area (Å²) in [4.78, 5) is 5.30. The Morgan fingerprint density at radius 3 is 2.71 bits per heavy atom. The first kappa shape index (κ1) is 10.4. The number of hydrogen-bond donors (Lipinski definition) is 2. The SMILES string of the molecule is OC1CCCC(CN2C[C@@H](O)CO2)C1. The van der Waals surface area contributed by atoms with Gasteiger partial charge in [0.2, 0.25) is 0 Å². The molecule has 0 aromatic carbocycles. The molecule has 2 fully saturated rings. The molecule has 0 spiro atoms. The maximum Gasteiger partial charge on any atom is 0.0958 e. The minimum atomic E-state index is -0.330. The highest BCUT2D eigenvalue weighted by molar-refractivity contribution is 4.75. The lowest BCUT2D eigenvalue weighted by Gasteiger charge is -2.28. The Morgan fingerprint density at radius 1 is 1.21 bits per heavy atom. The smallest absolute Gasteiger partial charge is 0.0958 e. The van der Waals surface area contributed by atoms with Gasteiger partial charge in [0.15, 0.2) is 0 Å². The van der Waals surface area contributed by atoms with Crippen molar-refractivity contribution in [1.29, 1.82) is 0 Å². The van der Waals surface area contributed by atoms with Gasteiger partial charge in [0.1, 0.15) is 0 Å². The Morgan fingerprint density at radius 2 is 2.07 bits per heavy atom. The third-order valence-electron chi connectivity index (χ3n) is 3.08. The third kappa shape index (κ3) is 2.67. The molecule has 0 radical (unpaired) electrons. The zero-order valence-corrected chi connectivity index (χ0v) is 8.43. The molecule has 2 rings (SSSR count). The van der Waals surface area contributed by atoms with Gasteiger partial charge in [-0.3, -0.25) is 4.84 Å². The lowest BCUT2D eigenvalue weighted by Crippen LogP contribution is -2.31. The third-order valence-corrected chi connectivity index (χ3v) is 3.08. The van der Waals surface area contributed by atoms with E-state index >= 15 is 0 Å². The number of nitrogens with zero attached hydrogens (tertiary/aromatic N) is 1. The van der Waals surface area contributed by atoms with E-state index in [0.717, 1.165) is 25.8 Å². The van der Waals surface area contributed by atoms with Crippen molar-refractivity contribution in [3.8, 4) is 0 Å². The van der Waals surface area contributed by atoms with E-state index in [1.807, 2.05) is 5.06 Å². The van der Waals surface area contributed by atoms with Gasteiger partial charge in [0.25, 0.3) is 0 Å². The average molecular weight is 201 g/mol. The van der Waals surface area contributed by atoms with Crippen molar-refractivity contribution in [1.82, 2.24) is 5.06 Å².